The number of aromatic amines is 1. The van der Waals surface area contributed by atoms with Crippen LogP contribution in [-0.4, -0.2) is 42.0 Å². The Morgan fingerprint density at radius 3 is 2.57 bits per heavy atom. The van der Waals surface area contributed by atoms with Gasteiger partial charge in [-0.05, 0) is 50.4 Å². The van der Waals surface area contributed by atoms with Crippen LogP contribution >= 0.6 is 0 Å². The number of amides is 1. The normalized spacial score (nSPS) is 14.7. The molecule has 2 aromatic rings. The zero-order valence-electron chi connectivity index (χ0n) is 18.5. The number of carbonyl (C=O) groups excluding carboxylic acids is 2. The lowest BCUT2D eigenvalue weighted by molar-refractivity contribution is 0.0599. The van der Waals surface area contributed by atoms with Crippen LogP contribution in [-0.2, 0) is 17.7 Å². The number of methoxy groups -OCH3 is 1. The van der Waals surface area contributed by atoms with Crippen LogP contribution in [0.15, 0.2) is 24.3 Å². The largest absolute Gasteiger partial charge is 0.465 e. The summed E-state index contributed by atoms with van der Waals surface area (Å²) in [7, 11) is 3.52. The Morgan fingerprint density at radius 2 is 1.90 bits per heavy atom. The van der Waals surface area contributed by atoms with Crippen LogP contribution in [0.2, 0.25) is 0 Å². The van der Waals surface area contributed by atoms with Crippen LogP contribution in [0, 0.1) is 6.92 Å². The lowest BCUT2D eigenvalue weighted by atomic mass is 9.94. The summed E-state index contributed by atoms with van der Waals surface area (Å²) in [5.41, 5.74) is 4.09. The molecule has 1 aromatic carbocycles. The summed E-state index contributed by atoms with van der Waals surface area (Å²) >= 11 is 0. The Labute approximate surface area is 179 Å². The van der Waals surface area contributed by atoms with Crippen molar-refractivity contribution in [3.05, 3.63) is 52.3 Å². The number of carbonyl (C=O) groups is 2. The van der Waals surface area contributed by atoms with Crippen LogP contribution < -0.4 is 5.32 Å². The van der Waals surface area contributed by atoms with E-state index in [-0.39, 0.29) is 5.91 Å². The molecule has 1 aromatic heterocycles. The maximum Gasteiger partial charge on any atom is 0.339 e. The number of ether oxygens (including phenoxy) is 1. The summed E-state index contributed by atoms with van der Waals surface area (Å²) in [6.45, 7) is 4.51. The maximum absolute atomic E-state index is 13.1. The SMILES string of the molecule is CCc1[nH]c(C(=O)Nc2ccccc2CN(C)C2CCCCC2)c(C)c1C(=O)OC. The molecule has 3 rings (SSSR count). The van der Waals surface area contributed by atoms with E-state index in [1.165, 1.54) is 39.2 Å². The van der Waals surface area contributed by atoms with E-state index in [4.69, 9.17) is 4.74 Å². The third-order valence-corrected chi connectivity index (χ3v) is 6.18. The standard InChI is InChI=1S/C24H33N3O3/c1-5-19-21(24(29)30-4)16(2)22(25-19)23(28)26-20-14-10-9-11-17(20)15-27(3)18-12-7-6-8-13-18/h9-11,14,18,25H,5-8,12-13,15H2,1-4H3,(H,26,28). The summed E-state index contributed by atoms with van der Waals surface area (Å²) in [5, 5.41) is 3.05. The lowest BCUT2D eigenvalue weighted by Crippen LogP contribution is -2.33. The minimum absolute atomic E-state index is 0.245. The minimum Gasteiger partial charge on any atom is -0.465 e. The first-order valence-electron chi connectivity index (χ1n) is 10.9. The number of H-pyrrole nitrogens is 1. The molecule has 0 spiro atoms. The fourth-order valence-electron chi connectivity index (χ4n) is 4.41. The molecular weight excluding hydrogens is 378 g/mol. The second-order valence-electron chi connectivity index (χ2n) is 8.14. The van der Waals surface area contributed by atoms with Gasteiger partial charge in [-0.1, -0.05) is 44.4 Å². The zero-order chi connectivity index (χ0) is 21.7. The van der Waals surface area contributed by atoms with E-state index in [0.29, 0.717) is 29.3 Å². The molecule has 1 fully saturated rings. The van der Waals surface area contributed by atoms with Crippen molar-refractivity contribution in [1.29, 1.82) is 0 Å². The van der Waals surface area contributed by atoms with Crippen LogP contribution in [0.3, 0.4) is 0 Å². The highest BCUT2D eigenvalue weighted by Gasteiger charge is 2.24. The molecule has 1 aliphatic rings. The van der Waals surface area contributed by atoms with Crippen molar-refractivity contribution < 1.29 is 14.3 Å². The molecule has 1 saturated carbocycles. The molecule has 0 atom stereocenters. The van der Waals surface area contributed by atoms with Gasteiger partial charge in [0.05, 0.1) is 12.7 Å². The highest BCUT2D eigenvalue weighted by Crippen LogP contribution is 2.26. The molecule has 0 aliphatic heterocycles. The first kappa shape index (κ1) is 22.1. The zero-order valence-corrected chi connectivity index (χ0v) is 18.5. The van der Waals surface area contributed by atoms with E-state index in [2.05, 4.69) is 28.3 Å². The minimum atomic E-state index is -0.422. The predicted octanol–water partition coefficient (Wildman–Crippen LogP) is 4.69. The average Bonchev–Trinajstić information content (AvgIpc) is 3.11. The molecule has 6 nitrogen and oxygen atoms in total. The van der Waals surface area contributed by atoms with Crippen LogP contribution in [0.25, 0.3) is 0 Å². The number of hydrogen-bond acceptors (Lipinski definition) is 4. The second kappa shape index (κ2) is 9.94. The number of para-hydroxylation sites is 1. The molecule has 0 radical (unpaired) electrons. The molecule has 1 heterocycles. The van der Waals surface area contributed by atoms with Crippen molar-refractivity contribution in [3.63, 3.8) is 0 Å². The van der Waals surface area contributed by atoms with Gasteiger partial charge in [0.15, 0.2) is 0 Å². The van der Waals surface area contributed by atoms with E-state index < -0.39 is 5.97 Å². The molecule has 0 bridgehead atoms. The smallest absolute Gasteiger partial charge is 0.339 e. The van der Waals surface area contributed by atoms with Crippen LogP contribution in [0.4, 0.5) is 5.69 Å². The first-order valence-corrected chi connectivity index (χ1v) is 10.9. The van der Waals surface area contributed by atoms with Crippen molar-refractivity contribution in [1.82, 2.24) is 9.88 Å². The lowest BCUT2D eigenvalue weighted by Gasteiger charge is -2.31. The summed E-state index contributed by atoms with van der Waals surface area (Å²) in [5.74, 6) is -0.667. The number of nitrogens with zero attached hydrogens (tertiary/aromatic N) is 1. The Morgan fingerprint density at radius 1 is 1.20 bits per heavy atom. The Kier molecular flexibility index (Phi) is 7.32. The summed E-state index contributed by atoms with van der Waals surface area (Å²) in [4.78, 5) is 30.7. The van der Waals surface area contributed by atoms with Gasteiger partial charge in [-0.3, -0.25) is 9.69 Å². The molecular formula is C24H33N3O3. The topological polar surface area (TPSA) is 74.4 Å². The van der Waals surface area contributed by atoms with Gasteiger partial charge in [0, 0.05) is 24.0 Å². The van der Waals surface area contributed by atoms with Gasteiger partial charge in [0.2, 0.25) is 0 Å². The van der Waals surface area contributed by atoms with Gasteiger partial charge in [-0.25, -0.2) is 4.79 Å². The highest BCUT2D eigenvalue weighted by atomic mass is 16.5. The van der Waals surface area contributed by atoms with E-state index in [1.807, 2.05) is 25.1 Å². The third-order valence-electron chi connectivity index (χ3n) is 6.18. The van der Waals surface area contributed by atoms with Crippen molar-refractivity contribution in [3.8, 4) is 0 Å². The fraction of sp³-hybridized carbons (Fsp3) is 0.500. The number of hydrogen-bond donors (Lipinski definition) is 2. The van der Waals surface area contributed by atoms with Crippen molar-refractivity contribution in [2.45, 2.75) is 65.0 Å². The van der Waals surface area contributed by atoms with Crippen molar-refractivity contribution >= 4 is 17.6 Å². The van der Waals surface area contributed by atoms with Crippen molar-refractivity contribution in [2.24, 2.45) is 0 Å². The average molecular weight is 412 g/mol. The number of benzene rings is 1. The molecule has 0 unspecified atom stereocenters. The maximum atomic E-state index is 13.1. The highest BCUT2D eigenvalue weighted by molar-refractivity contribution is 6.07. The predicted molar refractivity (Wildman–Crippen MR) is 119 cm³/mol. The van der Waals surface area contributed by atoms with Gasteiger partial charge < -0.3 is 15.0 Å². The molecule has 0 saturated heterocycles. The van der Waals surface area contributed by atoms with E-state index in [9.17, 15) is 9.59 Å². The molecule has 162 valence electrons. The molecule has 1 aliphatic carbocycles. The molecule has 1 amide bonds. The molecule has 30 heavy (non-hydrogen) atoms. The summed E-state index contributed by atoms with van der Waals surface area (Å²) < 4.78 is 4.90. The summed E-state index contributed by atoms with van der Waals surface area (Å²) in [6.07, 6.45) is 7.01. The van der Waals surface area contributed by atoms with Gasteiger partial charge in [-0.15, -0.1) is 0 Å². The molecule has 6 heteroatoms. The Hall–Kier alpha value is -2.60. The monoisotopic (exact) mass is 411 g/mol. The number of aryl methyl sites for hydroxylation is 1. The van der Waals surface area contributed by atoms with E-state index in [0.717, 1.165) is 23.5 Å². The second-order valence-corrected chi connectivity index (χ2v) is 8.14. The van der Waals surface area contributed by atoms with Gasteiger partial charge in [0.1, 0.15) is 5.69 Å². The first-order chi connectivity index (χ1) is 14.5. The number of anilines is 1. The van der Waals surface area contributed by atoms with Gasteiger partial charge >= 0.3 is 5.97 Å². The van der Waals surface area contributed by atoms with Crippen molar-refractivity contribution in [2.75, 3.05) is 19.5 Å². The molecule has 2 N–H and O–H groups in total. The summed E-state index contributed by atoms with van der Waals surface area (Å²) in [6, 6.07) is 8.53. The van der Waals surface area contributed by atoms with Gasteiger partial charge in [-0.2, -0.15) is 0 Å². The number of esters is 1. The van der Waals surface area contributed by atoms with E-state index >= 15 is 0 Å². The number of rotatable bonds is 7. The quantitative estimate of drug-likeness (QED) is 0.648. The number of aromatic nitrogens is 1. The fourth-order valence-corrected chi connectivity index (χ4v) is 4.41. The third kappa shape index (κ3) is 4.75. The Bertz CT molecular complexity index is 897. The number of nitrogens with one attached hydrogen (secondary N) is 2. The van der Waals surface area contributed by atoms with Gasteiger partial charge in [0.25, 0.3) is 5.91 Å². The van der Waals surface area contributed by atoms with Crippen LogP contribution in [0.5, 0.6) is 0 Å². The Balaban J connectivity index is 1.79. The van der Waals surface area contributed by atoms with Crippen LogP contribution in [0.1, 0.15) is 76.7 Å². The van der Waals surface area contributed by atoms with E-state index in [1.54, 1.807) is 6.92 Å².